The van der Waals surface area contributed by atoms with E-state index in [1.165, 1.54) is 180 Å². The topological polar surface area (TPSA) is 168 Å². The Morgan fingerprint density at radius 1 is 0.444 bits per heavy atom. The van der Waals surface area contributed by atoms with Gasteiger partial charge in [-0.1, -0.05) is 192 Å². The van der Waals surface area contributed by atoms with Gasteiger partial charge in [0.15, 0.2) is 34.6 Å². The van der Waals surface area contributed by atoms with Crippen LogP contribution in [0.4, 0.5) is 0 Å². The minimum absolute atomic E-state index is 0.00662. The lowest BCUT2D eigenvalue weighted by Crippen LogP contribution is -2.01. The normalized spacial score (nSPS) is 10.9. The lowest BCUT2D eigenvalue weighted by molar-refractivity contribution is -0.138. The molecule has 2 aromatic carbocycles. The molecule has 0 fully saturated rings. The van der Waals surface area contributed by atoms with Crippen molar-refractivity contribution in [1.29, 1.82) is 0 Å². The van der Waals surface area contributed by atoms with Crippen molar-refractivity contribution in [1.82, 2.24) is 0 Å². The molecule has 0 saturated carbocycles. The summed E-state index contributed by atoms with van der Waals surface area (Å²) in [4.78, 5) is 44.5. The second kappa shape index (κ2) is 41.4. The fourth-order valence-corrected chi connectivity index (χ4v) is 6.85. The summed E-state index contributed by atoms with van der Waals surface area (Å²) in [6.07, 6.45) is 40.0. The number of benzene rings is 2. The molecule has 0 radical (unpaired) electrons. The van der Waals surface area contributed by atoms with E-state index < -0.39 is 11.9 Å². The lowest BCUT2D eigenvalue weighted by atomic mass is 10.0. The fourth-order valence-electron chi connectivity index (χ4n) is 6.85. The molecule has 0 saturated heterocycles. The van der Waals surface area contributed by atoms with Gasteiger partial charge in [0.2, 0.25) is 0 Å². The summed E-state index contributed by atoms with van der Waals surface area (Å²) in [7, 11) is 2.87. The van der Waals surface area contributed by atoms with Crippen molar-refractivity contribution in [3.05, 3.63) is 59.7 Å². The summed E-state index contributed by atoms with van der Waals surface area (Å²) >= 11 is 0. The third kappa shape index (κ3) is 36.6. The van der Waals surface area contributed by atoms with Gasteiger partial charge in [-0.25, -0.2) is 0 Å². The van der Waals surface area contributed by atoms with Gasteiger partial charge in [0.05, 0.1) is 20.6 Å². The number of carbonyl (C=O) groups is 4. The van der Waals surface area contributed by atoms with Crippen LogP contribution in [0.25, 0.3) is 12.2 Å². The summed E-state index contributed by atoms with van der Waals surface area (Å²) in [6, 6.07) is 9.34. The van der Waals surface area contributed by atoms with Crippen molar-refractivity contribution in [2.24, 2.45) is 0 Å². The Labute approximate surface area is 380 Å². The van der Waals surface area contributed by atoms with Crippen molar-refractivity contribution >= 4 is 35.7 Å². The van der Waals surface area contributed by atoms with Crippen LogP contribution in [0.3, 0.4) is 0 Å². The van der Waals surface area contributed by atoms with Crippen molar-refractivity contribution in [3.63, 3.8) is 0 Å². The average molecular weight is 881 g/mol. The van der Waals surface area contributed by atoms with E-state index in [4.69, 9.17) is 19.7 Å². The second-order valence-electron chi connectivity index (χ2n) is 16.4. The summed E-state index contributed by atoms with van der Waals surface area (Å²) in [5, 5.41) is 36.1. The molecule has 4 N–H and O–H groups in total. The van der Waals surface area contributed by atoms with E-state index in [9.17, 15) is 29.4 Å². The summed E-state index contributed by atoms with van der Waals surface area (Å²) in [5.41, 5.74) is 1.33. The monoisotopic (exact) mass is 881 g/mol. The molecule has 10 heteroatoms. The van der Waals surface area contributed by atoms with Crippen molar-refractivity contribution in [3.8, 4) is 23.0 Å². The second-order valence-corrected chi connectivity index (χ2v) is 16.4. The van der Waals surface area contributed by atoms with Crippen LogP contribution in [0.15, 0.2) is 48.6 Å². The number of aromatic hydroxyl groups is 2. The maximum atomic E-state index is 11.9. The number of phenols is 2. The molecule has 0 aliphatic heterocycles. The van der Waals surface area contributed by atoms with E-state index in [2.05, 4.69) is 13.8 Å². The highest BCUT2D eigenvalue weighted by atomic mass is 16.5. The van der Waals surface area contributed by atoms with Gasteiger partial charge >= 0.3 is 11.9 Å². The SMILES string of the molecule is CCCCCCCCCCCCCCCC(=O)O.CCCCCCCCCCCCCCCC(=O)O.COc1cc(/C=C/C(=O)CC(=O)/C=C/c2ccc(O)c(OC)c2)ccc1O. The zero-order chi connectivity index (χ0) is 46.8. The Kier molecular flexibility index (Phi) is 38.4. The van der Waals surface area contributed by atoms with E-state index in [0.717, 1.165) is 25.7 Å². The van der Waals surface area contributed by atoms with Crippen molar-refractivity contribution in [2.45, 2.75) is 200 Å². The summed E-state index contributed by atoms with van der Waals surface area (Å²) in [5.74, 6) is -1.39. The van der Waals surface area contributed by atoms with Gasteiger partial charge in [0.1, 0.15) is 0 Å². The van der Waals surface area contributed by atoms with Gasteiger partial charge in [-0.2, -0.15) is 0 Å². The van der Waals surface area contributed by atoms with Crippen LogP contribution in [0.5, 0.6) is 23.0 Å². The standard InChI is InChI=1S/C21H20O6.2C16H32O2/c1-26-20-11-14(5-9-18(20)24)3-7-16(22)13-17(23)8-4-15-6-10-19(25)21(12-15)27-2;2*1-2-3-4-5-6-7-8-9-10-11-12-13-14-15-16(17)18/h3-12,24-25H,13H2,1-2H3;2*2-15H2,1H3,(H,17,18)/b7-3+,8-4+;;. The molecule has 0 unspecified atom stereocenters. The Balaban J connectivity index is 0.000000951. The first-order chi connectivity index (χ1) is 30.5. The number of carboxylic acid groups (broad SMARTS) is 2. The highest BCUT2D eigenvalue weighted by molar-refractivity contribution is 6.10. The predicted octanol–water partition coefficient (Wildman–Crippen LogP) is 14.5. The molecule has 0 aromatic heterocycles. The van der Waals surface area contributed by atoms with Gasteiger partial charge in [0, 0.05) is 12.8 Å². The van der Waals surface area contributed by atoms with Crippen LogP contribution >= 0.6 is 0 Å². The van der Waals surface area contributed by atoms with E-state index in [-0.39, 0.29) is 29.5 Å². The van der Waals surface area contributed by atoms with Crippen molar-refractivity contribution in [2.75, 3.05) is 14.2 Å². The fraction of sp³-hybridized carbons (Fsp3) is 0.623. The molecule has 63 heavy (non-hydrogen) atoms. The van der Waals surface area contributed by atoms with Crippen molar-refractivity contribution < 1.29 is 49.1 Å². The summed E-state index contributed by atoms with van der Waals surface area (Å²) in [6.45, 7) is 4.52. The number of rotatable bonds is 36. The van der Waals surface area contributed by atoms with E-state index in [1.807, 2.05) is 0 Å². The molecule has 0 atom stereocenters. The number of phenolic OH excluding ortho intramolecular Hbond substituents is 2. The Bertz CT molecular complexity index is 1430. The van der Waals surface area contributed by atoms with Gasteiger partial charge in [-0.3, -0.25) is 19.2 Å². The first kappa shape index (κ1) is 58.4. The molecule has 0 amide bonds. The molecular weight excluding hydrogens is 797 g/mol. The van der Waals surface area contributed by atoms with Crippen LogP contribution in [-0.2, 0) is 19.2 Å². The molecule has 0 bridgehead atoms. The third-order valence-corrected chi connectivity index (χ3v) is 10.7. The molecule has 2 aromatic rings. The van der Waals surface area contributed by atoms with Gasteiger partial charge in [0.25, 0.3) is 0 Å². The summed E-state index contributed by atoms with van der Waals surface area (Å²) < 4.78 is 10.00. The average Bonchev–Trinajstić information content (AvgIpc) is 3.26. The number of hydrogen-bond donors (Lipinski definition) is 4. The molecule has 2 rings (SSSR count). The maximum absolute atomic E-state index is 11.9. The largest absolute Gasteiger partial charge is 0.504 e. The zero-order valence-corrected chi connectivity index (χ0v) is 39.5. The number of carboxylic acids is 2. The van der Waals surface area contributed by atoms with E-state index in [0.29, 0.717) is 35.5 Å². The molecule has 0 aliphatic rings. The Morgan fingerprint density at radius 2 is 0.714 bits per heavy atom. The van der Waals surface area contributed by atoms with Crippen LogP contribution in [-0.4, -0.2) is 58.2 Å². The molecule has 10 nitrogen and oxygen atoms in total. The van der Waals surface area contributed by atoms with Gasteiger partial charge in [-0.15, -0.1) is 0 Å². The number of ketones is 2. The molecule has 0 spiro atoms. The molecule has 0 heterocycles. The van der Waals surface area contributed by atoms with Crippen LogP contribution < -0.4 is 9.47 Å². The van der Waals surface area contributed by atoms with E-state index >= 15 is 0 Å². The highest BCUT2D eigenvalue weighted by Gasteiger charge is 2.06. The highest BCUT2D eigenvalue weighted by Crippen LogP contribution is 2.28. The lowest BCUT2D eigenvalue weighted by Gasteiger charge is -2.03. The minimum atomic E-state index is -0.655. The van der Waals surface area contributed by atoms with E-state index in [1.54, 1.807) is 36.4 Å². The number of aliphatic carboxylic acids is 2. The number of unbranched alkanes of at least 4 members (excludes halogenated alkanes) is 24. The number of allylic oxidation sites excluding steroid dienone is 2. The van der Waals surface area contributed by atoms with Gasteiger partial charge < -0.3 is 29.9 Å². The number of hydrogen-bond acceptors (Lipinski definition) is 8. The first-order valence-corrected chi connectivity index (χ1v) is 24.1. The predicted molar refractivity (Wildman–Crippen MR) is 258 cm³/mol. The third-order valence-electron chi connectivity index (χ3n) is 10.7. The maximum Gasteiger partial charge on any atom is 0.303 e. The Hall–Kier alpha value is -4.60. The number of ether oxygens (including phenoxy) is 2. The quantitative estimate of drug-likeness (QED) is 0.0294. The number of carbonyl (C=O) groups excluding carboxylic acids is 2. The van der Waals surface area contributed by atoms with Crippen LogP contribution in [0.1, 0.15) is 211 Å². The number of methoxy groups -OCH3 is 2. The molecule has 356 valence electrons. The smallest absolute Gasteiger partial charge is 0.303 e. The first-order valence-electron chi connectivity index (χ1n) is 24.1. The molecule has 0 aliphatic carbocycles. The van der Waals surface area contributed by atoms with Crippen LogP contribution in [0.2, 0.25) is 0 Å². The van der Waals surface area contributed by atoms with Crippen LogP contribution in [0, 0.1) is 0 Å². The zero-order valence-electron chi connectivity index (χ0n) is 39.5. The molecular formula is C53H84O10. The van der Waals surface area contributed by atoms with Gasteiger partial charge in [-0.05, 0) is 60.4 Å². The minimum Gasteiger partial charge on any atom is -0.504 e. The Morgan fingerprint density at radius 3 is 0.968 bits per heavy atom.